The maximum atomic E-state index is 12.2. The van der Waals surface area contributed by atoms with E-state index in [-0.39, 0.29) is 11.7 Å². The molecule has 0 radical (unpaired) electrons. The zero-order valence-electron chi connectivity index (χ0n) is 13.8. The molecule has 9 heteroatoms. The molecule has 1 N–H and O–H groups in total. The summed E-state index contributed by atoms with van der Waals surface area (Å²) in [6, 6.07) is 13.7. The van der Waals surface area contributed by atoms with Crippen LogP contribution in [-0.4, -0.2) is 35.6 Å². The monoisotopic (exact) mass is 382 g/mol. The molecule has 0 aliphatic carbocycles. The highest BCUT2D eigenvalue weighted by Gasteiger charge is 2.12. The number of thioether (sulfide) groups is 1. The summed E-state index contributed by atoms with van der Waals surface area (Å²) in [5.41, 5.74) is 2.92. The van der Waals surface area contributed by atoms with Crippen LogP contribution in [0.2, 0.25) is 0 Å². The summed E-state index contributed by atoms with van der Waals surface area (Å²) in [7, 11) is 0. The molecule has 0 atom stereocenters. The van der Waals surface area contributed by atoms with Crippen LogP contribution in [0.1, 0.15) is 5.56 Å². The number of hydrogen-bond acceptors (Lipinski definition) is 7. The van der Waals surface area contributed by atoms with E-state index < -0.39 is 0 Å². The fourth-order valence-electron chi connectivity index (χ4n) is 2.30. The van der Waals surface area contributed by atoms with Gasteiger partial charge in [0.1, 0.15) is 5.01 Å². The number of benzene rings is 1. The molecule has 1 amide bonds. The van der Waals surface area contributed by atoms with E-state index in [1.54, 1.807) is 0 Å². The van der Waals surface area contributed by atoms with Crippen molar-refractivity contribution in [1.29, 1.82) is 0 Å². The van der Waals surface area contributed by atoms with Crippen molar-refractivity contribution >= 4 is 40.8 Å². The first kappa shape index (κ1) is 16.7. The molecule has 0 saturated heterocycles. The van der Waals surface area contributed by atoms with E-state index in [1.165, 1.54) is 28.9 Å². The van der Waals surface area contributed by atoms with E-state index in [0.717, 1.165) is 16.2 Å². The highest BCUT2D eigenvalue weighted by molar-refractivity contribution is 7.99. The third kappa shape index (κ3) is 3.58. The van der Waals surface area contributed by atoms with Crippen LogP contribution in [0.25, 0.3) is 16.2 Å². The van der Waals surface area contributed by atoms with Gasteiger partial charge in [0.05, 0.1) is 5.75 Å². The Morgan fingerprint density at radius 2 is 2.04 bits per heavy atom. The van der Waals surface area contributed by atoms with Gasteiger partial charge in [-0.05, 0) is 30.6 Å². The van der Waals surface area contributed by atoms with Crippen molar-refractivity contribution in [2.24, 2.45) is 0 Å². The smallest absolute Gasteiger partial charge is 0.241 e. The highest BCUT2D eigenvalue weighted by Crippen LogP contribution is 2.23. The predicted octanol–water partition coefficient (Wildman–Crippen LogP) is 3.29. The number of anilines is 1. The first-order chi connectivity index (χ1) is 12.7. The van der Waals surface area contributed by atoms with Crippen LogP contribution in [-0.2, 0) is 4.79 Å². The molecule has 0 aliphatic rings. The number of aromatic nitrogens is 5. The Morgan fingerprint density at radius 3 is 2.88 bits per heavy atom. The number of aryl methyl sites for hydroxylation is 1. The Morgan fingerprint density at radius 1 is 1.19 bits per heavy atom. The van der Waals surface area contributed by atoms with E-state index in [1.807, 2.05) is 60.0 Å². The number of rotatable bonds is 5. The SMILES string of the molecule is Cc1ccc(-c2nc(NC(=O)CSc3nnc4ccccn34)ns2)cc1. The number of amides is 1. The topological polar surface area (TPSA) is 85.1 Å². The molecule has 3 heterocycles. The number of fused-ring (bicyclic) bond motifs is 1. The quantitative estimate of drug-likeness (QED) is 0.533. The van der Waals surface area contributed by atoms with Gasteiger partial charge in [-0.1, -0.05) is 47.7 Å². The lowest BCUT2D eigenvalue weighted by Gasteiger charge is -2.00. The summed E-state index contributed by atoms with van der Waals surface area (Å²) in [5, 5.41) is 12.3. The minimum atomic E-state index is -0.184. The zero-order chi connectivity index (χ0) is 17.9. The molecule has 0 unspecified atom stereocenters. The Hall–Kier alpha value is -2.78. The van der Waals surface area contributed by atoms with Crippen molar-refractivity contribution in [3.63, 3.8) is 0 Å². The molecule has 0 aliphatic heterocycles. The minimum absolute atomic E-state index is 0.184. The first-order valence-corrected chi connectivity index (χ1v) is 9.58. The predicted molar refractivity (Wildman–Crippen MR) is 102 cm³/mol. The number of nitrogens with one attached hydrogen (secondary N) is 1. The lowest BCUT2D eigenvalue weighted by Crippen LogP contribution is -2.15. The Kier molecular flexibility index (Phi) is 4.63. The van der Waals surface area contributed by atoms with Crippen LogP contribution in [0.15, 0.2) is 53.8 Å². The fourth-order valence-corrected chi connectivity index (χ4v) is 3.65. The summed E-state index contributed by atoms with van der Waals surface area (Å²) in [6.07, 6.45) is 1.87. The number of nitrogens with zero attached hydrogens (tertiary/aromatic N) is 5. The molecule has 1 aromatic carbocycles. The molecule has 3 aromatic heterocycles. The Labute approximate surface area is 157 Å². The highest BCUT2D eigenvalue weighted by atomic mass is 32.2. The summed E-state index contributed by atoms with van der Waals surface area (Å²) < 4.78 is 6.05. The van der Waals surface area contributed by atoms with Crippen LogP contribution in [0, 0.1) is 6.92 Å². The maximum absolute atomic E-state index is 12.2. The Bertz CT molecular complexity index is 1060. The number of carbonyl (C=O) groups is 1. The lowest BCUT2D eigenvalue weighted by atomic mass is 10.2. The molecule has 0 spiro atoms. The molecule has 0 saturated carbocycles. The summed E-state index contributed by atoms with van der Waals surface area (Å²) in [4.78, 5) is 16.5. The van der Waals surface area contributed by atoms with Gasteiger partial charge in [-0.15, -0.1) is 10.2 Å². The van der Waals surface area contributed by atoms with Gasteiger partial charge in [0, 0.05) is 11.8 Å². The molecule has 4 aromatic rings. The zero-order valence-corrected chi connectivity index (χ0v) is 15.4. The second-order valence-electron chi connectivity index (χ2n) is 5.54. The average Bonchev–Trinajstić information content (AvgIpc) is 3.28. The number of hydrogen-bond donors (Lipinski definition) is 1. The molecule has 7 nitrogen and oxygen atoms in total. The van der Waals surface area contributed by atoms with E-state index in [9.17, 15) is 4.79 Å². The van der Waals surface area contributed by atoms with Crippen LogP contribution >= 0.6 is 23.3 Å². The van der Waals surface area contributed by atoms with Gasteiger partial charge in [0.15, 0.2) is 10.8 Å². The van der Waals surface area contributed by atoms with E-state index >= 15 is 0 Å². The van der Waals surface area contributed by atoms with Gasteiger partial charge in [-0.2, -0.15) is 9.36 Å². The third-order valence-corrected chi connectivity index (χ3v) is 5.30. The molecular weight excluding hydrogens is 368 g/mol. The molecule has 26 heavy (non-hydrogen) atoms. The molecule has 0 fully saturated rings. The largest absolute Gasteiger partial charge is 0.293 e. The number of pyridine rings is 1. The van der Waals surface area contributed by atoms with Crippen molar-refractivity contribution in [2.75, 3.05) is 11.1 Å². The first-order valence-electron chi connectivity index (χ1n) is 7.82. The van der Waals surface area contributed by atoms with Gasteiger partial charge in [0.25, 0.3) is 0 Å². The van der Waals surface area contributed by atoms with Crippen molar-refractivity contribution in [3.8, 4) is 10.6 Å². The second kappa shape index (κ2) is 7.22. The van der Waals surface area contributed by atoms with Gasteiger partial charge < -0.3 is 0 Å². The van der Waals surface area contributed by atoms with Crippen molar-refractivity contribution in [1.82, 2.24) is 24.0 Å². The van der Waals surface area contributed by atoms with Crippen LogP contribution < -0.4 is 5.32 Å². The van der Waals surface area contributed by atoms with Crippen LogP contribution in [0.3, 0.4) is 0 Å². The normalized spacial score (nSPS) is 11.0. The van der Waals surface area contributed by atoms with E-state index in [2.05, 4.69) is 24.9 Å². The minimum Gasteiger partial charge on any atom is -0.293 e. The molecule has 4 rings (SSSR count). The second-order valence-corrected chi connectivity index (χ2v) is 7.23. The standard InChI is InChI=1S/C17H14N6OS2/c1-11-5-7-12(8-6-11)15-19-16(22-26-15)18-14(24)10-25-17-21-20-13-4-2-3-9-23(13)17/h2-9H,10H2,1H3,(H,18,22,24). The summed E-state index contributed by atoms with van der Waals surface area (Å²) >= 11 is 2.57. The average molecular weight is 382 g/mol. The fraction of sp³-hybridized carbons (Fsp3) is 0.118. The summed E-state index contributed by atoms with van der Waals surface area (Å²) in [6.45, 7) is 2.03. The summed E-state index contributed by atoms with van der Waals surface area (Å²) in [5.74, 6) is 0.340. The molecular formula is C17H14N6OS2. The van der Waals surface area contributed by atoms with Crippen LogP contribution in [0.5, 0.6) is 0 Å². The van der Waals surface area contributed by atoms with Crippen molar-refractivity contribution in [2.45, 2.75) is 12.1 Å². The molecule has 130 valence electrons. The van der Waals surface area contributed by atoms with Gasteiger partial charge in [-0.25, -0.2) is 0 Å². The number of carbonyl (C=O) groups excluding carboxylic acids is 1. The van der Waals surface area contributed by atoms with Gasteiger partial charge in [-0.3, -0.25) is 14.5 Å². The van der Waals surface area contributed by atoms with Crippen molar-refractivity contribution < 1.29 is 4.79 Å². The third-order valence-electron chi connectivity index (χ3n) is 3.59. The van der Waals surface area contributed by atoms with Gasteiger partial charge >= 0.3 is 0 Å². The Balaban J connectivity index is 1.38. The van der Waals surface area contributed by atoms with E-state index in [4.69, 9.17) is 0 Å². The lowest BCUT2D eigenvalue weighted by molar-refractivity contribution is -0.113. The van der Waals surface area contributed by atoms with E-state index in [0.29, 0.717) is 11.1 Å². The maximum Gasteiger partial charge on any atom is 0.241 e. The van der Waals surface area contributed by atoms with Crippen LogP contribution in [0.4, 0.5) is 5.95 Å². The van der Waals surface area contributed by atoms with Gasteiger partial charge in [0.2, 0.25) is 11.9 Å². The molecule has 0 bridgehead atoms. The van der Waals surface area contributed by atoms with Crippen molar-refractivity contribution in [3.05, 3.63) is 54.2 Å².